The third kappa shape index (κ3) is 3.76. The Morgan fingerprint density at radius 3 is 2.72 bits per heavy atom. The van der Waals surface area contributed by atoms with Crippen molar-refractivity contribution in [1.82, 2.24) is 20.1 Å². The summed E-state index contributed by atoms with van der Waals surface area (Å²) >= 11 is 0. The minimum absolute atomic E-state index is 0.0262. The Labute approximate surface area is 146 Å². The second kappa shape index (κ2) is 7.29. The number of benzene rings is 1. The van der Waals surface area contributed by atoms with Gasteiger partial charge in [-0.15, -0.1) is 0 Å². The summed E-state index contributed by atoms with van der Waals surface area (Å²) < 4.78 is 7.03. The molecule has 1 aromatic heterocycles. The third-order valence-electron chi connectivity index (χ3n) is 4.43. The maximum atomic E-state index is 12.3. The van der Waals surface area contributed by atoms with E-state index in [0.717, 1.165) is 11.3 Å². The molecule has 25 heavy (non-hydrogen) atoms. The van der Waals surface area contributed by atoms with E-state index < -0.39 is 0 Å². The van der Waals surface area contributed by atoms with E-state index in [2.05, 4.69) is 10.6 Å². The van der Waals surface area contributed by atoms with Crippen LogP contribution in [0.4, 0.5) is 4.79 Å². The van der Waals surface area contributed by atoms with Gasteiger partial charge < -0.3 is 24.8 Å². The Hall–Kier alpha value is -2.96. The van der Waals surface area contributed by atoms with Gasteiger partial charge in [-0.2, -0.15) is 0 Å². The molecule has 2 heterocycles. The summed E-state index contributed by atoms with van der Waals surface area (Å²) in [6.45, 7) is 1.49. The van der Waals surface area contributed by atoms with Crippen molar-refractivity contribution < 1.29 is 14.3 Å². The number of ether oxygens (including phenoxy) is 1. The lowest BCUT2D eigenvalue weighted by Crippen LogP contribution is -2.52. The van der Waals surface area contributed by atoms with Gasteiger partial charge in [-0.05, 0) is 29.8 Å². The van der Waals surface area contributed by atoms with Crippen molar-refractivity contribution in [2.75, 3.05) is 20.7 Å². The number of carbonyl (C=O) groups is 2. The van der Waals surface area contributed by atoms with Crippen molar-refractivity contribution in [2.24, 2.45) is 0 Å². The van der Waals surface area contributed by atoms with Crippen LogP contribution in [0.25, 0.3) is 0 Å². The predicted molar refractivity (Wildman–Crippen MR) is 93.5 cm³/mol. The Morgan fingerprint density at radius 1 is 1.24 bits per heavy atom. The molecule has 0 spiro atoms. The molecule has 3 amide bonds. The van der Waals surface area contributed by atoms with E-state index in [1.54, 1.807) is 19.1 Å². The van der Waals surface area contributed by atoms with Gasteiger partial charge in [-0.3, -0.25) is 4.79 Å². The lowest BCUT2D eigenvalue weighted by Gasteiger charge is -2.33. The zero-order valence-electron chi connectivity index (χ0n) is 14.4. The largest absolute Gasteiger partial charge is 0.497 e. The Morgan fingerprint density at radius 2 is 2.00 bits per heavy atom. The van der Waals surface area contributed by atoms with E-state index in [4.69, 9.17) is 4.74 Å². The molecule has 2 aromatic rings. The van der Waals surface area contributed by atoms with E-state index in [-0.39, 0.29) is 18.0 Å². The van der Waals surface area contributed by atoms with E-state index >= 15 is 0 Å². The summed E-state index contributed by atoms with van der Waals surface area (Å²) in [5.74, 6) is 0.754. The van der Waals surface area contributed by atoms with E-state index in [9.17, 15) is 9.59 Å². The van der Waals surface area contributed by atoms with Crippen LogP contribution in [-0.4, -0.2) is 48.1 Å². The number of hydrogen-bond donors (Lipinski definition) is 2. The van der Waals surface area contributed by atoms with Crippen LogP contribution in [0.1, 0.15) is 16.1 Å². The zero-order chi connectivity index (χ0) is 17.8. The van der Waals surface area contributed by atoms with Gasteiger partial charge in [0, 0.05) is 32.9 Å². The predicted octanol–water partition coefficient (Wildman–Crippen LogP) is 1.45. The van der Waals surface area contributed by atoms with Gasteiger partial charge in [-0.25, -0.2) is 4.79 Å². The first-order valence-electron chi connectivity index (χ1n) is 8.15. The number of methoxy groups -OCH3 is 1. The number of aromatic nitrogens is 1. The number of urea groups is 1. The molecular weight excluding hydrogens is 320 g/mol. The van der Waals surface area contributed by atoms with Gasteiger partial charge in [0.25, 0.3) is 5.91 Å². The van der Waals surface area contributed by atoms with Crippen molar-refractivity contribution in [1.29, 1.82) is 0 Å². The molecule has 1 aliphatic rings. The highest BCUT2D eigenvalue weighted by Gasteiger charge is 2.29. The van der Waals surface area contributed by atoms with Crippen LogP contribution in [0.3, 0.4) is 0 Å². The van der Waals surface area contributed by atoms with Crippen LogP contribution in [0.5, 0.6) is 5.75 Å². The number of nitrogens with zero attached hydrogens (tertiary/aromatic N) is 2. The SMILES string of the molecule is COc1ccc(CNC(=O)NCC2Cn3cccc3C(=O)N2C)cc1. The summed E-state index contributed by atoms with van der Waals surface area (Å²) in [5.41, 5.74) is 1.67. The number of amides is 3. The summed E-state index contributed by atoms with van der Waals surface area (Å²) in [6.07, 6.45) is 1.89. The quantitative estimate of drug-likeness (QED) is 0.864. The van der Waals surface area contributed by atoms with Crippen molar-refractivity contribution in [3.8, 4) is 5.75 Å². The molecule has 1 unspecified atom stereocenters. The van der Waals surface area contributed by atoms with Crippen LogP contribution >= 0.6 is 0 Å². The summed E-state index contributed by atoms with van der Waals surface area (Å²) in [7, 11) is 3.38. The summed E-state index contributed by atoms with van der Waals surface area (Å²) in [4.78, 5) is 26.0. The molecule has 3 rings (SSSR count). The average molecular weight is 342 g/mol. The van der Waals surface area contributed by atoms with Crippen LogP contribution in [0.15, 0.2) is 42.6 Å². The third-order valence-corrected chi connectivity index (χ3v) is 4.43. The van der Waals surface area contributed by atoms with Gasteiger partial charge in [0.1, 0.15) is 11.4 Å². The highest BCUT2D eigenvalue weighted by Crippen LogP contribution is 2.16. The van der Waals surface area contributed by atoms with Crippen molar-refractivity contribution in [3.05, 3.63) is 53.9 Å². The number of likely N-dealkylation sites (N-methyl/N-ethyl adjacent to an activating group) is 1. The summed E-state index contributed by atoms with van der Waals surface area (Å²) in [5, 5.41) is 5.65. The normalized spacial score (nSPS) is 16.3. The molecule has 7 heteroatoms. The van der Waals surface area contributed by atoms with E-state index in [1.807, 2.05) is 47.2 Å². The highest BCUT2D eigenvalue weighted by atomic mass is 16.5. The smallest absolute Gasteiger partial charge is 0.315 e. The fourth-order valence-electron chi connectivity index (χ4n) is 2.86. The molecule has 1 atom stereocenters. The molecule has 1 aliphatic heterocycles. The van der Waals surface area contributed by atoms with Crippen molar-refractivity contribution in [2.45, 2.75) is 19.1 Å². The van der Waals surface area contributed by atoms with Gasteiger partial charge in [0.15, 0.2) is 0 Å². The molecule has 1 aromatic carbocycles. The zero-order valence-corrected chi connectivity index (χ0v) is 14.4. The van der Waals surface area contributed by atoms with Crippen LogP contribution < -0.4 is 15.4 Å². The molecule has 0 aliphatic carbocycles. The number of fused-ring (bicyclic) bond motifs is 1. The second-order valence-corrected chi connectivity index (χ2v) is 6.03. The van der Waals surface area contributed by atoms with Crippen LogP contribution in [0, 0.1) is 0 Å². The van der Waals surface area contributed by atoms with Gasteiger partial charge >= 0.3 is 6.03 Å². The van der Waals surface area contributed by atoms with Crippen LogP contribution in [-0.2, 0) is 13.1 Å². The second-order valence-electron chi connectivity index (χ2n) is 6.03. The standard InChI is InChI=1S/C18H22N4O3/c1-21-14(12-22-9-3-4-16(22)17(21)23)11-20-18(24)19-10-13-5-7-15(25-2)8-6-13/h3-9,14H,10-12H2,1-2H3,(H2,19,20,24). The van der Waals surface area contributed by atoms with E-state index in [1.165, 1.54) is 0 Å². The molecule has 7 nitrogen and oxygen atoms in total. The molecule has 132 valence electrons. The molecule has 0 saturated heterocycles. The molecule has 0 fully saturated rings. The molecule has 0 radical (unpaired) electrons. The average Bonchev–Trinajstić information content (AvgIpc) is 3.11. The van der Waals surface area contributed by atoms with E-state index in [0.29, 0.717) is 25.3 Å². The lowest BCUT2D eigenvalue weighted by molar-refractivity contribution is 0.0657. The topological polar surface area (TPSA) is 75.6 Å². The van der Waals surface area contributed by atoms with Gasteiger partial charge in [0.05, 0.1) is 13.2 Å². The first-order chi connectivity index (χ1) is 12.1. The molecule has 0 bridgehead atoms. The maximum absolute atomic E-state index is 12.3. The number of rotatable bonds is 5. The van der Waals surface area contributed by atoms with Gasteiger partial charge in [-0.1, -0.05) is 12.1 Å². The minimum Gasteiger partial charge on any atom is -0.497 e. The number of hydrogen-bond acceptors (Lipinski definition) is 3. The maximum Gasteiger partial charge on any atom is 0.315 e. The van der Waals surface area contributed by atoms with Crippen molar-refractivity contribution >= 4 is 11.9 Å². The molecular formula is C18H22N4O3. The molecule has 0 saturated carbocycles. The number of nitrogens with one attached hydrogen (secondary N) is 2. The fraction of sp³-hybridized carbons (Fsp3) is 0.333. The first-order valence-corrected chi connectivity index (χ1v) is 8.15. The van der Waals surface area contributed by atoms with Gasteiger partial charge in [0.2, 0.25) is 0 Å². The number of carbonyl (C=O) groups excluding carboxylic acids is 2. The summed E-state index contributed by atoms with van der Waals surface area (Å²) in [6, 6.07) is 10.9. The first kappa shape index (κ1) is 16.9. The molecule has 2 N–H and O–H groups in total. The highest BCUT2D eigenvalue weighted by molar-refractivity contribution is 5.93. The minimum atomic E-state index is -0.255. The van der Waals surface area contributed by atoms with Crippen molar-refractivity contribution in [3.63, 3.8) is 0 Å². The lowest BCUT2D eigenvalue weighted by atomic mass is 10.2. The Balaban J connectivity index is 1.48. The Kier molecular flexibility index (Phi) is 4.92. The Bertz CT molecular complexity index is 754. The van der Waals surface area contributed by atoms with Crippen LogP contribution in [0.2, 0.25) is 0 Å². The fourth-order valence-corrected chi connectivity index (χ4v) is 2.86. The monoisotopic (exact) mass is 342 g/mol.